The van der Waals surface area contributed by atoms with Crippen LogP contribution in [0, 0.1) is 20.8 Å². The quantitative estimate of drug-likeness (QED) is 0.558. The summed E-state index contributed by atoms with van der Waals surface area (Å²) in [5.41, 5.74) is 1.04. The fraction of sp³-hybridized carbons (Fsp3) is 0.150. The molecule has 0 bridgehead atoms. The first-order valence-corrected chi connectivity index (χ1v) is 8.74. The molecule has 0 saturated heterocycles. The SMILES string of the molecule is [CH2-]COC[CH2-].[CH2-]c1ccc2ncc(C(=O)NCc3ccc(Cl)cc3)c(=O)n2n1.[Y+3]. The van der Waals surface area contributed by atoms with E-state index < -0.39 is 11.5 Å². The zero-order valence-corrected chi connectivity index (χ0v) is 19.4. The van der Waals surface area contributed by atoms with E-state index in [0.717, 1.165) is 10.1 Å². The minimum Gasteiger partial charge on any atom is -0.445 e. The molecule has 2 aromatic heterocycles. The summed E-state index contributed by atoms with van der Waals surface area (Å²) in [4.78, 5) is 28.6. The van der Waals surface area contributed by atoms with Crippen molar-refractivity contribution in [1.82, 2.24) is 19.9 Å². The van der Waals surface area contributed by atoms with Crippen LogP contribution in [0.1, 0.15) is 21.6 Å². The molecule has 0 aliphatic heterocycles. The number of fused-ring (bicyclic) bond motifs is 1. The van der Waals surface area contributed by atoms with Gasteiger partial charge < -0.3 is 23.9 Å². The van der Waals surface area contributed by atoms with Crippen LogP contribution in [0.5, 0.6) is 0 Å². The van der Waals surface area contributed by atoms with Crippen molar-refractivity contribution in [3.05, 3.63) is 95.6 Å². The van der Waals surface area contributed by atoms with Gasteiger partial charge in [0.1, 0.15) is 11.2 Å². The minimum atomic E-state index is -0.533. The maximum atomic E-state index is 12.3. The van der Waals surface area contributed by atoms with Gasteiger partial charge in [0.15, 0.2) is 0 Å². The zero-order valence-electron chi connectivity index (χ0n) is 15.8. The van der Waals surface area contributed by atoms with Gasteiger partial charge in [-0.25, -0.2) is 17.0 Å². The van der Waals surface area contributed by atoms with E-state index in [0.29, 0.717) is 29.6 Å². The van der Waals surface area contributed by atoms with E-state index in [1.54, 1.807) is 36.4 Å². The number of halogens is 1. The summed E-state index contributed by atoms with van der Waals surface area (Å²) in [6.45, 7) is 11.8. The van der Waals surface area contributed by atoms with Gasteiger partial charge >= 0.3 is 32.7 Å². The molecular weight excluding hydrogens is 469 g/mol. The Morgan fingerprint density at radius 2 is 1.79 bits per heavy atom. The van der Waals surface area contributed by atoms with Crippen molar-refractivity contribution < 1.29 is 42.2 Å². The van der Waals surface area contributed by atoms with Crippen molar-refractivity contribution in [3.63, 3.8) is 0 Å². The molecule has 0 spiro atoms. The Morgan fingerprint density at radius 1 is 1.14 bits per heavy atom. The topological polar surface area (TPSA) is 85.6 Å². The van der Waals surface area contributed by atoms with Crippen LogP contribution in [0.15, 0.2) is 47.4 Å². The molecule has 3 rings (SSSR count). The number of hydrogen-bond acceptors (Lipinski definition) is 5. The summed E-state index contributed by atoms with van der Waals surface area (Å²) in [6.07, 6.45) is 1.25. The van der Waals surface area contributed by atoms with Gasteiger partial charge in [-0.2, -0.15) is 10.6 Å². The van der Waals surface area contributed by atoms with Gasteiger partial charge in [-0.05, 0) is 17.7 Å². The van der Waals surface area contributed by atoms with Crippen LogP contribution in [0.4, 0.5) is 0 Å². The molecule has 7 nitrogen and oxygen atoms in total. The number of ether oxygens (including phenoxy) is 1. The molecule has 3 aromatic rings. The third-order valence-corrected chi connectivity index (χ3v) is 3.77. The van der Waals surface area contributed by atoms with E-state index in [1.807, 2.05) is 0 Å². The van der Waals surface area contributed by atoms with Gasteiger partial charge in [-0.1, -0.05) is 48.7 Å². The molecule has 0 aliphatic carbocycles. The van der Waals surface area contributed by atoms with Crippen LogP contribution < -0.4 is 10.9 Å². The molecule has 2 heterocycles. The Kier molecular flexibility index (Phi) is 11.1. The predicted octanol–water partition coefficient (Wildman–Crippen LogP) is 2.52. The molecule has 0 unspecified atom stereocenters. The molecule has 1 N–H and O–H groups in total. The van der Waals surface area contributed by atoms with Crippen LogP contribution in [0.3, 0.4) is 0 Å². The van der Waals surface area contributed by atoms with Crippen molar-refractivity contribution >= 4 is 23.2 Å². The number of aromatic nitrogens is 3. The second-order valence-electron chi connectivity index (χ2n) is 5.49. The minimum absolute atomic E-state index is 0. The van der Waals surface area contributed by atoms with E-state index in [-0.39, 0.29) is 44.8 Å². The summed E-state index contributed by atoms with van der Waals surface area (Å²) in [5.74, 6) is -0.511. The van der Waals surface area contributed by atoms with Crippen LogP contribution in [-0.4, -0.2) is 33.7 Å². The summed E-state index contributed by atoms with van der Waals surface area (Å²) in [5, 5.41) is 7.28. The molecule has 0 radical (unpaired) electrons. The van der Waals surface area contributed by atoms with Crippen LogP contribution in [0.25, 0.3) is 5.65 Å². The normalized spacial score (nSPS) is 9.90. The second-order valence-corrected chi connectivity index (χ2v) is 5.93. The fourth-order valence-electron chi connectivity index (χ4n) is 2.14. The van der Waals surface area contributed by atoms with Crippen LogP contribution in [-0.2, 0) is 44.0 Å². The van der Waals surface area contributed by atoms with Gasteiger partial charge in [0.2, 0.25) is 0 Å². The predicted molar refractivity (Wildman–Crippen MR) is 108 cm³/mol. The Balaban J connectivity index is 0.000000628. The Hall–Kier alpha value is -1.80. The van der Waals surface area contributed by atoms with E-state index in [4.69, 9.17) is 11.6 Å². The first-order valence-electron chi connectivity index (χ1n) is 8.36. The average Bonchev–Trinajstić information content (AvgIpc) is 2.69. The summed E-state index contributed by atoms with van der Waals surface area (Å²) >= 11 is 5.81. The zero-order chi connectivity index (χ0) is 20.5. The second kappa shape index (κ2) is 12.7. The number of nitrogens with zero attached hydrogens (tertiary/aromatic N) is 3. The van der Waals surface area contributed by atoms with E-state index in [2.05, 4.69) is 40.9 Å². The van der Waals surface area contributed by atoms with Crippen molar-refractivity contribution in [3.8, 4) is 0 Å². The van der Waals surface area contributed by atoms with Gasteiger partial charge in [0, 0.05) is 17.8 Å². The largest absolute Gasteiger partial charge is 3.00 e. The molecule has 29 heavy (non-hydrogen) atoms. The number of carbonyl (C=O) groups excluding carboxylic acids is 1. The van der Waals surface area contributed by atoms with Crippen molar-refractivity contribution in [2.24, 2.45) is 0 Å². The van der Waals surface area contributed by atoms with Gasteiger partial charge in [-0.3, -0.25) is 9.59 Å². The number of benzene rings is 1. The average molecular weight is 489 g/mol. The van der Waals surface area contributed by atoms with Crippen LogP contribution in [0.2, 0.25) is 5.02 Å². The first-order chi connectivity index (χ1) is 13.5. The van der Waals surface area contributed by atoms with Gasteiger partial charge in [0.25, 0.3) is 11.5 Å². The number of amides is 1. The smallest absolute Gasteiger partial charge is 0.445 e. The monoisotopic (exact) mass is 488 g/mol. The molecule has 0 fully saturated rings. The molecule has 0 saturated carbocycles. The molecule has 9 heteroatoms. The molecule has 0 atom stereocenters. The van der Waals surface area contributed by atoms with Gasteiger partial charge in [-0.15, -0.1) is 0 Å². The molecule has 1 aromatic carbocycles. The molecule has 1 amide bonds. The van der Waals surface area contributed by atoms with Crippen molar-refractivity contribution in [2.45, 2.75) is 6.54 Å². The van der Waals surface area contributed by atoms with E-state index >= 15 is 0 Å². The molecule has 148 valence electrons. The third-order valence-electron chi connectivity index (χ3n) is 3.52. The Morgan fingerprint density at radius 3 is 2.38 bits per heavy atom. The van der Waals surface area contributed by atoms with Crippen molar-refractivity contribution in [2.75, 3.05) is 13.2 Å². The maximum absolute atomic E-state index is 12.3. The number of nitrogens with one attached hydrogen (secondary N) is 1. The van der Waals surface area contributed by atoms with Crippen LogP contribution >= 0.6 is 11.6 Å². The Bertz CT molecular complexity index is 991. The number of rotatable bonds is 5. The maximum Gasteiger partial charge on any atom is 3.00 e. The van der Waals surface area contributed by atoms with E-state index in [1.165, 1.54) is 6.20 Å². The summed E-state index contributed by atoms with van der Waals surface area (Å²) < 4.78 is 5.68. The van der Waals surface area contributed by atoms with E-state index in [9.17, 15) is 9.59 Å². The van der Waals surface area contributed by atoms with Crippen molar-refractivity contribution in [1.29, 1.82) is 0 Å². The summed E-state index contributed by atoms with van der Waals surface area (Å²) in [7, 11) is 0. The fourth-order valence-corrected chi connectivity index (χ4v) is 2.27. The number of carbonyl (C=O) groups is 1. The first kappa shape index (κ1) is 25.2. The third kappa shape index (κ3) is 7.51. The molecular formula is C20H20ClN4O3Y. The van der Waals surface area contributed by atoms with Gasteiger partial charge in [0.05, 0.1) is 0 Å². The molecule has 0 aliphatic rings. The summed E-state index contributed by atoms with van der Waals surface area (Å²) in [6, 6.07) is 10.3. The standard InChI is InChI=1S/C16H12ClN4O2.C4H8O.Y/c1-10-2-7-14-18-9-13(16(23)21(14)20-10)15(22)19-8-11-3-5-12(17)6-4-11;1-3-5-4-2;/h2-7,9H,1,8H2,(H,19,22);1-4H2;/q-1;-2;+3. The number of hydrogen-bond donors (Lipinski definition) is 1. The Labute approximate surface area is 199 Å².